The normalized spacial score (nSPS) is 15.0. The Balaban J connectivity index is 1.63. The van der Waals surface area contributed by atoms with Gasteiger partial charge in [-0.3, -0.25) is 4.79 Å². The number of H-pyrrole nitrogens is 1. The van der Waals surface area contributed by atoms with E-state index in [0.717, 1.165) is 23.0 Å². The van der Waals surface area contributed by atoms with Crippen LogP contribution in [0.2, 0.25) is 10.0 Å². The quantitative estimate of drug-likeness (QED) is 0.609. The molecule has 1 amide bonds. The number of carboxylic acid groups (broad SMARTS) is 1. The Labute approximate surface area is 175 Å². The van der Waals surface area contributed by atoms with Gasteiger partial charge in [0.1, 0.15) is 5.69 Å². The predicted octanol–water partition coefficient (Wildman–Crippen LogP) is 4.49. The summed E-state index contributed by atoms with van der Waals surface area (Å²) in [5.74, 6) is -1.24. The van der Waals surface area contributed by atoms with Crippen LogP contribution in [0.15, 0.2) is 22.7 Å². The van der Waals surface area contributed by atoms with Gasteiger partial charge >= 0.3 is 5.97 Å². The van der Waals surface area contributed by atoms with Crippen LogP contribution >= 0.6 is 39.1 Å². The van der Waals surface area contributed by atoms with Gasteiger partial charge in [-0.05, 0) is 38.0 Å². The molecule has 9 heteroatoms. The molecule has 1 fully saturated rings. The number of carbonyl (C=O) groups is 2. The second-order valence-corrected chi connectivity index (χ2v) is 8.16. The Morgan fingerprint density at radius 2 is 1.89 bits per heavy atom. The lowest BCUT2D eigenvalue weighted by Crippen LogP contribution is -2.44. The lowest BCUT2D eigenvalue weighted by atomic mass is 10.0. The highest BCUT2D eigenvalue weighted by molar-refractivity contribution is 9.10. The van der Waals surface area contributed by atoms with Crippen molar-refractivity contribution in [1.29, 1.82) is 0 Å². The molecule has 27 heavy (non-hydrogen) atoms. The van der Waals surface area contributed by atoms with Gasteiger partial charge in [0.15, 0.2) is 0 Å². The first-order valence-corrected chi connectivity index (χ1v) is 9.94. The third-order valence-corrected chi connectivity index (χ3v) is 6.01. The van der Waals surface area contributed by atoms with Gasteiger partial charge in [-0.1, -0.05) is 39.1 Å². The van der Waals surface area contributed by atoms with Crippen molar-refractivity contribution in [1.82, 2.24) is 10.3 Å². The standard InChI is InChI=1S/C18H18BrCl2N3O3/c1-9-14(20)15(21)16(22-9)17(25)23-12-2-4-24(5-3-12)13-7-10(18(26)27)6-11(19)8-13/h6-8,12,22H,2-5H2,1H3,(H,23,25)(H,26,27). The van der Waals surface area contributed by atoms with E-state index in [1.807, 2.05) is 6.07 Å². The summed E-state index contributed by atoms with van der Waals surface area (Å²) in [6.07, 6.45) is 1.48. The Bertz CT molecular complexity index is 892. The summed E-state index contributed by atoms with van der Waals surface area (Å²) >= 11 is 15.5. The van der Waals surface area contributed by atoms with Crippen LogP contribution in [0.1, 0.15) is 39.4 Å². The molecule has 2 aromatic rings. The summed E-state index contributed by atoms with van der Waals surface area (Å²) in [5.41, 5.74) is 2.02. The number of piperidine rings is 1. The zero-order valence-electron chi connectivity index (χ0n) is 14.5. The molecule has 1 aliphatic heterocycles. The maximum atomic E-state index is 12.4. The van der Waals surface area contributed by atoms with Crippen molar-refractivity contribution in [2.24, 2.45) is 0 Å². The minimum atomic E-state index is -0.962. The number of benzene rings is 1. The van der Waals surface area contributed by atoms with E-state index in [4.69, 9.17) is 23.2 Å². The molecular weight excluding hydrogens is 457 g/mol. The zero-order valence-corrected chi connectivity index (χ0v) is 17.6. The second kappa shape index (κ2) is 8.12. The molecule has 6 nitrogen and oxygen atoms in total. The van der Waals surface area contributed by atoms with E-state index in [2.05, 4.69) is 31.1 Å². The number of aromatic amines is 1. The summed E-state index contributed by atoms with van der Waals surface area (Å²) in [4.78, 5) is 28.7. The van der Waals surface area contributed by atoms with Gasteiger partial charge in [0, 0.05) is 35.0 Å². The number of amides is 1. The monoisotopic (exact) mass is 473 g/mol. The van der Waals surface area contributed by atoms with Crippen molar-refractivity contribution in [3.63, 3.8) is 0 Å². The molecule has 1 aromatic carbocycles. The number of aryl methyl sites for hydroxylation is 1. The Morgan fingerprint density at radius 3 is 2.44 bits per heavy atom. The topological polar surface area (TPSA) is 85.4 Å². The van der Waals surface area contributed by atoms with Crippen molar-refractivity contribution in [2.45, 2.75) is 25.8 Å². The van der Waals surface area contributed by atoms with Gasteiger partial charge in [-0.15, -0.1) is 0 Å². The van der Waals surface area contributed by atoms with E-state index in [9.17, 15) is 14.7 Å². The molecule has 2 heterocycles. The first-order valence-electron chi connectivity index (χ1n) is 8.39. The molecule has 0 saturated carbocycles. The van der Waals surface area contributed by atoms with E-state index in [1.54, 1.807) is 19.1 Å². The smallest absolute Gasteiger partial charge is 0.335 e. The molecule has 0 atom stereocenters. The number of aromatic nitrogens is 1. The molecule has 0 spiro atoms. The van der Waals surface area contributed by atoms with Crippen molar-refractivity contribution in [2.75, 3.05) is 18.0 Å². The number of carbonyl (C=O) groups excluding carboxylic acids is 1. The number of aromatic carboxylic acids is 1. The van der Waals surface area contributed by atoms with Gasteiger partial charge in [0.2, 0.25) is 0 Å². The fourth-order valence-electron chi connectivity index (χ4n) is 3.15. The van der Waals surface area contributed by atoms with Crippen LogP contribution < -0.4 is 10.2 Å². The van der Waals surface area contributed by atoms with E-state index >= 15 is 0 Å². The lowest BCUT2D eigenvalue weighted by molar-refractivity contribution is 0.0696. The van der Waals surface area contributed by atoms with Crippen LogP contribution in [-0.4, -0.2) is 41.1 Å². The average molecular weight is 475 g/mol. The molecule has 1 saturated heterocycles. The van der Waals surface area contributed by atoms with Crippen molar-refractivity contribution in [3.8, 4) is 0 Å². The summed E-state index contributed by atoms with van der Waals surface area (Å²) in [6.45, 7) is 3.17. The molecule has 0 unspecified atom stereocenters. The Kier molecular flexibility index (Phi) is 6.03. The maximum absolute atomic E-state index is 12.4. The first kappa shape index (κ1) is 20.0. The van der Waals surface area contributed by atoms with Crippen LogP contribution in [-0.2, 0) is 0 Å². The molecule has 0 aliphatic carbocycles. The van der Waals surface area contributed by atoms with Crippen molar-refractivity contribution in [3.05, 3.63) is 49.7 Å². The first-order chi connectivity index (χ1) is 12.8. The van der Waals surface area contributed by atoms with E-state index in [-0.39, 0.29) is 28.2 Å². The minimum Gasteiger partial charge on any atom is -0.478 e. The van der Waals surface area contributed by atoms with E-state index in [1.165, 1.54) is 0 Å². The molecule has 3 N–H and O–H groups in total. The average Bonchev–Trinajstić information content (AvgIpc) is 2.89. The number of nitrogens with zero attached hydrogens (tertiary/aromatic N) is 1. The highest BCUT2D eigenvalue weighted by Gasteiger charge is 2.24. The van der Waals surface area contributed by atoms with E-state index < -0.39 is 5.97 Å². The van der Waals surface area contributed by atoms with Crippen LogP contribution in [0.3, 0.4) is 0 Å². The number of anilines is 1. The second-order valence-electron chi connectivity index (χ2n) is 6.49. The highest BCUT2D eigenvalue weighted by Crippen LogP contribution is 2.30. The summed E-state index contributed by atoms with van der Waals surface area (Å²) in [7, 11) is 0. The molecule has 144 valence electrons. The number of nitrogens with one attached hydrogen (secondary N) is 2. The van der Waals surface area contributed by atoms with Gasteiger partial charge in [-0.25, -0.2) is 4.79 Å². The fraction of sp³-hybridized carbons (Fsp3) is 0.333. The largest absolute Gasteiger partial charge is 0.478 e. The number of carboxylic acids is 1. The number of hydrogen-bond acceptors (Lipinski definition) is 3. The van der Waals surface area contributed by atoms with Crippen molar-refractivity contribution < 1.29 is 14.7 Å². The third-order valence-electron chi connectivity index (χ3n) is 4.61. The summed E-state index contributed by atoms with van der Waals surface area (Å²) in [6, 6.07) is 5.15. The number of rotatable bonds is 4. The predicted molar refractivity (Wildman–Crippen MR) is 109 cm³/mol. The number of hydrogen-bond donors (Lipinski definition) is 3. The van der Waals surface area contributed by atoms with Gasteiger partial charge in [-0.2, -0.15) is 0 Å². The van der Waals surface area contributed by atoms with E-state index in [0.29, 0.717) is 23.8 Å². The van der Waals surface area contributed by atoms with Crippen LogP contribution in [0.4, 0.5) is 5.69 Å². The zero-order chi connectivity index (χ0) is 19.7. The Hall–Kier alpha value is -1.70. The molecular formula is C18H18BrCl2N3O3. The van der Waals surface area contributed by atoms with Crippen LogP contribution in [0.25, 0.3) is 0 Å². The third kappa shape index (κ3) is 4.42. The lowest BCUT2D eigenvalue weighted by Gasteiger charge is -2.34. The minimum absolute atomic E-state index is 0.0123. The van der Waals surface area contributed by atoms with Crippen LogP contribution in [0.5, 0.6) is 0 Å². The highest BCUT2D eigenvalue weighted by atomic mass is 79.9. The Morgan fingerprint density at radius 1 is 1.22 bits per heavy atom. The van der Waals surface area contributed by atoms with Crippen molar-refractivity contribution >= 4 is 56.7 Å². The maximum Gasteiger partial charge on any atom is 0.335 e. The fourth-order valence-corrected chi connectivity index (χ4v) is 4.05. The molecule has 3 rings (SSSR count). The van der Waals surface area contributed by atoms with Gasteiger partial charge in [0.05, 0.1) is 15.6 Å². The molecule has 1 aromatic heterocycles. The molecule has 0 bridgehead atoms. The van der Waals surface area contributed by atoms with Gasteiger partial charge < -0.3 is 20.3 Å². The number of halogens is 3. The summed E-state index contributed by atoms with van der Waals surface area (Å²) < 4.78 is 0.724. The summed E-state index contributed by atoms with van der Waals surface area (Å²) in [5, 5.41) is 12.8. The SMILES string of the molecule is Cc1[nH]c(C(=O)NC2CCN(c3cc(Br)cc(C(=O)O)c3)CC2)c(Cl)c1Cl. The molecule has 1 aliphatic rings. The van der Waals surface area contributed by atoms with Crippen LogP contribution in [0, 0.1) is 6.92 Å². The van der Waals surface area contributed by atoms with Gasteiger partial charge in [0.25, 0.3) is 5.91 Å². The molecule has 0 radical (unpaired) electrons.